The van der Waals surface area contributed by atoms with E-state index in [1.54, 1.807) is 0 Å². The smallest absolute Gasteiger partial charge is 0.297 e. The van der Waals surface area contributed by atoms with Gasteiger partial charge < -0.3 is 14.2 Å². The molecule has 0 bridgehead atoms. The molecule has 3 aromatic carbocycles. The van der Waals surface area contributed by atoms with Crippen LogP contribution in [0.5, 0.6) is 0 Å². The second-order valence-electron chi connectivity index (χ2n) is 23.6. The molecule has 1 unspecified atom stereocenters. The van der Waals surface area contributed by atoms with E-state index in [4.69, 9.17) is 4.42 Å². The Morgan fingerprint density at radius 3 is 2.05 bits per heavy atom. The molecule has 2 aliphatic heterocycles. The van der Waals surface area contributed by atoms with Gasteiger partial charge in [-0.3, -0.25) is 0 Å². The van der Waals surface area contributed by atoms with E-state index in [1.807, 2.05) is 0 Å². The Morgan fingerprint density at radius 2 is 1.42 bits per heavy atom. The van der Waals surface area contributed by atoms with E-state index in [0.717, 1.165) is 24.1 Å². The number of hydrogen-bond acceptors (Lipinski definition) is 3. The zero-order valence-corrected chi connectivity index (χ0v) is 39.6. The number of rotatable bonds is 6. The van der Waals surface area contributed by atoms with E-state index in [0.29, 0.717) is 11.8 Å². The molecule has 59 heavy (non-hydrogen) atoms. The van der Waals surface area contributed by atoms with Crippen molar-refractivity contribution in [2.45, 2.75) is 177 Å². The molecule has 0 fully saturated rings. The van der Waals surface area contributed by atoms with Crippen molar-refractivity contribution in [1.29, 1.82) is 0 Å². The normalized spacial score (nSPS) is 20.7. The number of fused-ring (bicyclic) bond motifs is 8. The summed E-state index contributed by atoms with van der Waals surface area (Å²) in [5.41, 5.74) is 19.1. The number of anilines is 4. The standard InChI is InChI=1S/C55H73BN2O/c1-17-27-57-45-28-36(34(2)3)29-46-48(45)56(50-49(57)39-30-41-42(33-47(39)59-50)55(15,16)26-25-54(41,13)14)43-31-38-35(4)20-24-53(11,12)40(38)32-44(43)58(46)37(21-23-52(8,9)10)19-18-22-51(5,6)7/h17-19,21,27-35H,20,22-26H2,1-16H3/b19-18-,27-17+,37-21+. The lowest BCUT2D eigenvalue weighted by Gasteiger charge is -2.45. The lowest BCUT2D eigenvalue weighted by atomic mass is 9.35. The number of benzene rings is 3. The Morgan fingerprint density at radius 1 is 0.797 bits per heavy atom. The maximum Gasteiger partial charge on any atom is 0.297 e. The number of nitrogens with zero attached hydrogens (tertiary/aromatic N) is 2. The molecule has 4 aliphatic rings. The molecule has 0 N–H and O–H groups in total. The van der Waals surface area contributed by atoms with Crippen LogP contribution in [0.15, 0.2) is 77.0 Å². The summed E-state index contributed by atoms with van der Waals surface area (Å²) in [6.07, 6.45) is 18.7. The molecule has 0 saturated carbocycles. The molecule has 4 aromatic rings. The molecule has 4 heteroatoms. The largest absolute Gasteiger partial charge is 0.468 e. The van der Waals surface area contributed by atoms with Crippen LogP contribution in [-0.2, 0) is 16.2 Å². The third kappa shape index (κ3) is 7.17. The first-order valence-corrected chi connectivity index (χ1v) is 23.0. The molecule has 312 valence electrons. The van der Waals surface area contributed by atoms with Gasteiger partial charge >= 0.3 is 0 Å². The Bertz CT molecular complexity index is 2420. The van der Waals surface area contributed by atoms with E-state index < -0.39 is 0 Å². The molecule has 3 heterocycles. The summed E-state index contributed by atoms with van der Waals surface area (Å²) in [5, 5.41) is 1.23. The molecule has 8 rings (SSSR count). The average molecular weight is 789 g/mol. The molecule has 0 amide bonds. The first-order chi connectivity index (χ1) is 27.4. The highest BCUT2D eigenvalue weighted by molar-refractivity contribution is 6.99. The molecule has 0 saturated heterocycles. The highest BCUT2D eigenvalue weighted by atomic mass is 16.3. The van der Waals surface area contributed by atoms with Crippen molar-refractivity contribution in [2.24, 2.45) is 10.8 Å². The average Bonchev–Trinajstić information content (AvgIpc) is 3.51. The van der Waals surface area contributed by atoms with Gasteiger partial charge in [-0.25, -0.2) is 0 Å². The summed E-state index contributed by atoms with van der Waals surface area (Å²) in [4.78, 5) is 5.17. The summed E-state index contributed by atoms with van der Waals surface area (Å²) in [7, 11) is 0. The Kier molecular flexibility index (Phi) is 9.97. The summed E-state index contributed by atoms with van der Waals surface area (Å²) < 4.78 is 7.46. The molecule has 1 atom stereocenters. The SMILES string of the molecule is C/C=C/N1c2cc(C(C)C)cc3c2B(c2cc4c(cc2N3C(/C=C\CC(C)(C)C)=C/CC(C)(C)C)C(C)(C)CCC4C)c2oc3cc4c(cc3c21)C(C)(C)CCC4(C)C. The second kappa shape index (κ2) is 14.1. The first kappa shape index (κ1) is 41.8. The molecule has 1 aromatic heterocycles. The minimum atomic E-state index is -0.0422. The van der Waals surface area contributed by atoms with Crippen LogP contribution in [0.25, 0.3) is 11.0 Å². The maximum atomic E-state index is 7.46. The van der Waals surface area contributed by atoms with Crippen molar-refractivity contribution >= 4 is 57.0 Å². The predicted octanol–water partition coefficient (Wildman–Crippen LogP) is 14.3. The van der Waals surface area contributed by atoms with Gasteiger partial charge in [0.15, 0.2) is 0 Å². The van der Waals surface area contributed by atoms with Crippen molar-refractivity contribution in [2.75, 3.05) is 9.80 Å². The van der Waals surface area contributed by atoms with Crippen molar-refractivity contribution < 1.29 is 4.42 Å². The van der Waals surface area contributed by atoms with Crippen LogP contribution in [-0.4, -0.2) is 6.71 Å². The number of hydrogen-bond donors (Lipinski definition) is 0. The van der Waals surface area contributed by atoms with Gasteiger partial charge in [0.05, 0.1) is 11.3 Å². The van der Waals surface area contributed by atoms with Crippen LogP contribution in [0.4, 0.5) is 22.7 Å². The first-order valence-electron chi connectivity index (χ1n) is 23.0. The Balaban J connectivity index is 1.51. The van der Waals surface area contributed by atoms with Gasteiger partial charge in [-0.1, -0.05) is 128 Å². The summed E-state index contributed by atoms with van der Waals surface area (Å²) in [6, 6.07) is 15.3. The molecular weight excluding hydrogens is 715 g/mol. The van der Waals surface area contributed by atoms with Gasteiger partial charge in [-0.15, -0.1) is 0 Å². The fourth-order valence-corrected chi connectivity index (χ4v) is 10.6. The van der Waals surface area contributed by atoms with Gasteiger partial charge in [-0.05, 0) is 160 Å². The zero-order valence-electron chi connectivity index (χ0n) is 39.6. The van der Waals surface area contributed by atoms with Crippen LogP contribution in [0.2, 0.25) is 0 Å². The topological polar surface area (TPSA) is 19.6 Å². The van der Waals surface area contributed by atoms with Gasteiger partial charge in [0.1, 0.15) is 5.58 Å². The third-order valence-corrected chi connectivity index (χ3v) is 14.5. The van der Waals surface area contributed by atoms with Crippen molar-refractivity contribution in [3.05, 3.63) is 100 Å². The number of allylic oxidation sites excluding steroid dienone is 4. The predicted molar refractivity (Wildman–Crippen MR) is 258 cm³/mol. The van der Waals surface area contributed by atoms with Gasteiger partial charge in [-0.2, -0.15) is 0 Å². The van der Waals surface area contributed by atoms with Crippen LogP contribution in [0.3, 0.4) is 0 Å². The van der Waals surface area contributed by atoms with Gasteiger partial charge in [0.25, 0.3) is 6.71 Å². The van der Waals surface area contributed by atoms with E-state index in [2.05, 4.69) is 187 Å². The lowest BCUT2D eigenvalue weighted by molar-refractivity contribution is 0.332. The van der Waals surface area contributed by atoms with E-state index in [-0.39, 0.29) is 33.8 Å². The van der Waals surface area contributed by atoms with Crippen LogP contribution < -0.4 is 26.4 Å². The Labute approximate surface area is 358 Å². The van der Waals surface area contributed by atoms with Crippen LogP contribution >= 0.6 is 0 Å². The fraction of sp³-hybridized carbons (Fsp3) is 0.527. The molecule has 0 spiro atoms. The third-order valence-electron chi connectivity index (χ3n) is 14.5. The van der Waals surface area contributed by atoms with E-state index in [1.165, 1.54) is 98.3 Å². The molecular formula is C55H73BN2O. The highest BCUT2D eigenvalue weighted by Gasteiger charge is 2.48. The minimum absolute atomic E-state index is 0.0422. The van der Waals surface area contributed by atoms with E-state index in [9.17, 15) is 0 Å². The fourth-order valence-electron chi connectivity index (χ4n) is 10.6. The summed E-state index contributed by atoms with van der Waals surface area (Å²) >= 11 is 0. The van der Waals surface area contributed by atoms with Crippen LogP contribution in [0.1, 0.15) is 189 Å². The lowest BCUT2D eigenvalue weighted by Crippen LogP contribution is -2.61. The molecule has 0 radical (unpaired) electrons. The molecule has 2 aliphatic carbocycles. The summed E-state index contributed by atoms with van der Waals surface area (Å²) in [6.45, 7) is 38.1. The van der Waals surface area contributed by atoms with Crippen molar-refractivity contribution in [3.8, 4) is 0 Å². The summed E-state index contributed by atoms with van der Waals surface area (Å²) in [5.74, 6) is 0.850. The zero-order chi connectivity index (χ0) is 42.8. The van der Waals surface area contributed by atoms with Gasteiger partial charge in [0, 0.05) is 34.3 Å². The van der Waals surface area contributed by atoms with Crippen LogP contribution in [0, 0.1) is 10.8 Å². The number of furan rings is 1. The van der Waals surface area contributed by atoms with Gasteiger partial charge in [0.2, 0.25) is 0 Å². The minimum Gasteiger partial charge on any atom is -0.468 e. The quantitative estimate of drug-likeness (QED) is 0.143. The van der Waals surface area contributed by atoms with E-state index >= 15 is 0 Å². The van der Waals surface area contributed by atoms with Crippen molar-refractivity contribution in [3.63, 3.8) is 0 Å². The highest BCUT2D eigenvalue weighted by Crippen LogP contribution is 2.51. The molecule has 3 nitrogen and oxygen atoms in total. The second-order valence-corrected chi connectivity index (χ2v) is 23.6. The van der Waals surface area contributed by atoms with Crippen molar-refractivity contribution in [1.82, 2.24) is 0 Å². The Hall–Kier alpha value is -3.92. The maximum absolute atomic E-state index is 7.46. The monoisotopic (exact) mass is 789 g/mol.